The lowest BCUT2D eigenvalue weighted by Gasteiger charge is -2.09. The summed E-state index contributed by atoms with van der Waals surface area (Å²) in [5.41, 5.74) is 3.31. The van der Waals surface area contributed by atoms with Crippen molar-refractivity contribution in [3.8, 4) is 22.6 Å². The molecule has 0 radical (unpaired) electrons. The summed E-state index contributed by atoms with van der Waals surface area (Å²) in [4.78, 5) is 12.5. The van der Waals surface area contributed by atoms with Gasteiger partial charge in [0.2, 0.25) is 0 Å². The number of carbonyl (C=O) groups is 1. The highest BCUT2D eigenvalue weighted by Gasteiger charge is 2.13. The molecule has 0 unspecified atom stereocenters. The first-order chi connectivity index (χ1) is 17.1. The minimum absolute atomic E-state index is 0.0423. The summed E-state index contributed by atoms with van der Waals surface area (Å²) in [7, 11) is 0. The number of benzene rings is 3. The molecule has 3 aromatic rings. The Labute approximate surface area is 209 Å². The number of hydrogen-bond donors (Lipinski definition) is 0. The molecule has 0 heterocycles. The second-order valence-electron chi connectivity index (χ2n) is 8.98. The second kappa shape index (κ2) is 14.3. The normalized spacial score (nSPS) is 10.8. The van der Waals surface area contributed by atoms with Crippen molar-refractivity contribution in [2.45, 2.75) is 71.6 Å². The van der Waals surface area contributed by atoms with Crippen LogP contribution in [0.5, 0.6) is 11.5 Å². The third kappa shape index (κ3) is 8.54. The zero-order valence-electron chi connectivity index (χ0n) is 21.0. The fourth-order valence-corrected chi connectivity index (χ4v) is 3.96. The molecule has 35 heavy (non-hydrogen) atoms. The summed E-state index contributed by atoms with van der Waals surface area (Å²) in [6.45, 7) is 5.09. The van der Waals surface area contributed by atoms with Crippen molar-refractivity contribution in [3.05, 3.63) is 83.7 Å². The molecule has 0 aliphatic carbocycles. The third-order valence-electron chi connectivity index (χ3n) is 6.09. The predicted octanol–water partition coefficient (Wildman–Crippen LogP) is 8.79. The van der Waals surface area contributed by atoms with Gasteiger partial charge in [0, 0.05) is 0 Å². The lowest BCUT2D eigenvalue weighted by atomic mass is 10.0. The maximum absolute atomic E-state index is 14.4. The molecular formula is C31H37FO3. The highest BCUT2D eigenvalue weighted by atomic mass is 19.1. The van der Waals surface area contributed by atoms with Crippen LogP contribution in [0.15, 0.2) is 66.7 Å². The summed E-state index contributed by atoms with van der Waals surface area (Å²) < 4.78 is 25.6. The van der Waals surface area contributed by atoms with Crippen LogP contribution in [0.4, 0.5) is 4.39 Å². The van der Waals surface area contributed by atoms with Gasteiger partial charge >= 0.3 is 5.97 Å². The van der Waals surface area contributed by atoms with Crippen molar-refractivity contribution < 1.29 is 18.7 Å². The molecule has 0 saturated heterocycles. The number of ether oxygens (including phenoxy) is 2. The fraction of sp³-hybridized carbons (Fsp3) is 0.387. The molecule has 0 aliphatic heterocycles. The van der Waals surface area contributed by atoms with Crippen LogP contribution in [0, 0.1) is 5.82 Å². The van der Waals surface area contributed by atoms with E-state index in [-0.39, 0.29) is 5.75 Å². The van der Waals surface area contributed by atoms with Gasteiger partial charge in [0.15, 0.2) is 11.6 Å². The zero-order valence-corrected chi connectivity index (χ0v) is 21.0. The minimum Gasteiger partial charge on any atom is -0.494 e. The van der Waals surface area contributed by atoms with E-state index in [0.29, 0.717) is 5.56 Å². The third-order valence-corrected chi connectivity index (χ3v) is 6.09. The second-order valence-corrected chi connectivity index (χ2v) is 8.98. The maximum Gasteiger partial charge on any atom is 0.343 e. The molecule has 0 spiro atoms. The number of unbranched alkanes of at least 4 members (excludes halogenated alkanes) is 6. The topological polar surface area (TPSA) is 35.5 Å². The molecule has 3 rings (SSSR count). The first-order valence-corrected chi connectivity index (χ1v) is 12.9. The SMILES string of the molecule is CCCCCCCOc1ccc(-c2ccc(C(=O)Oc3ccc(CCCCC)cc3F)cc2)cc1. The Kier molecular flexibility index (Phi) is 10.8. The number of hydrogen-bond acceptors (Lipinski definition) is 3. The highest BCUT2D eigenvalue weighted by Crippen LogP contribution is 2.25. The monoisotopic (exact) mass is 476 g/mol. The molecule has 3 aromatic carbocycles. The van der Waals surface area contributed by atoms with Crippen LogP contribution in [0.1, 0.15) is 81.1 Å². The van der Waals surface area contributed by atoms with E-state index >= 15 is 0 Å². The summed E-state index contributed by atoms with van der Waals surface area (Å²) in [6, 6.07) is 19.9. The van der Waals surface area contributed by atoms with E-state index in [2.05, 4.69) is 13.8 Å². The van der Waals surface area contributed by atoms with E-state index in [4.69, 9.17) is 9.47 Å². The lowest BCUT2D eigenvalue weighted by molar-refractivity contribution is 0.0728. The van der Waals surface area contributed by atoms with E-state index in [1.807, 2.05) is 42.5 Å². The van der Waals surface area contributed by atoms with Crippen LogP contribution in [-0.2, 0) is 6.42 Å². The smallest absolute Gasteiger partial charge is 0.343 e. The average Bonchev–Trinajstić information content (AvgIpc) is 2.88. The number of halogens is 1. The summed E-state index contributed by atoms with van der Waals surface area (Å²) in [5, 5.41) is 0. The van der Waals surface area contributed by atoms with Crippen LogP contribution in [0.25, 0.3) is 11.1 Å². The molecule has 4 heteroatoms. The van der Waals surface area contributed by atoms with Gasteiger partial charge in [-0.15, -0.1) is 0 Å². The molecule has 0 fully saturated rings. The van der Waals surface area contributed by atoms with Crippen molar-refractivity contribution in [1.82, 2.24) is 0 Å². The standard InChI is InChI=1S/C31H37FO3/c1-3-5-7-8-10-22-34-28-19-17-26(18-20-28)25-13-15-27(16-14-25)31(33)35-30-21-12-24(23-29(30)32)11-9-6-4-2/h12-21,23H,3-11,22H2,1-2H3. The number of rotatable bonds is 14. The fourth-order valence-electron chi connectivity index (χ4n) is 3.96. The van der Waals surface area contributed by atoms with Gasteiger partial charge in [0.05, 0.1) is 12.2 Å². The molecular weight excluding hydrogens is 439 g/mol. The van der Waals surface area contributed by atoms with Gasteiger partial charge in [0.1, 0.15) is 5.75 Å². The van der Waals surface area contributed by atoms with Gasteiger partial charge in [-0.05, 0) is 72.4 Å². The van der Waals surface area contributed by atoms with Crippen molar-refractivity contribution in [2.75, 3.05) is 6.61 Å². The Morgan fingerprint density at radius 1 is 0.743 bits per heavy atom. The van der Waals surface area contributed by atoms with Crippen LogP contribution >= 0.6 is 0 Å². The van der Waals surface area contributed by atoms with E-state index < -0.39 is 11.8 Å². The van der Waals surface area contributed by atoms with Gasteiger partial charge in [0.25, 0.3) is 0 Å². The molecule has 0 amide bonds. The highest BCUT2D eigenvalue weighted by molar-refractivity contribution is 5.91. The number of carbonyl (C=O) groups excluding carboxylic acids is 1. The zero-order chi connectivity index (χ0) is 24.9. The van der Waals surface area contributed by atoms with Gasteiger partial charge in [-0.2, -0.15) is 0 Å². The van der Waals surface area contributed by atoms with Gasteiger partial charge < -0.3 is 9.47 Å². The van der Waals surface area contributed by atoms with Crippen LogP contribution in [-0.4, -0.2) is 12.6 Å². The van der Waals surface area contributed by atoms with Crippen LogP contribution in [0.2, 0.25) is 0 Å². The Morgan fingerprint density at radius 2 is 1.37 bits per heavy atom. The van der Waals surface area contributed by atoms with Gasteiger partial charge in [-0.25, -0.2) is 9.18 Å². The molecule has 186 valence electrons. The Balaban J connectivity index is 1.52. The van der Waals surface area contributed by atoms with Crippen LogP contribution in [0.3, 0.4) is 0 Å². The molecule has 0 atom stereocenters. The maximum atomic E-state index is 14.4. The molecule has 3 nitrogen and oxygen atoms in total. The quantitative estimate of drug-likeness (QED) is 0.132. The van der Waals surface area contributed by atoms with E-state index in [1.54, 1.807) is 12.1 Å². The number of esters is 1. The summed E-state index contributed by atoms with van der Waals surface area (Å²) >= 11 is 0. The van der Waals surface area contributed by atoms with Crippen molar-refractivity contribution >= 4 is 5.97 Å². The van der Waals surface area contributed by atoms with E-state index in [1.165, 1.54) is 37.8 Å². The molecule has 0 saturated carbocycles. The summed E-state index contributed by atoms with van der Waals surface area (Å²) in [6.07, 6.45) is 10.2. The average molecular weight is 477 g/mol. The van der Waals surface area contributed by atoms with E-state index in [9.17, 15) is 9.18 Å². The molecule has 0 aliphatic rings. The van der Waals surface area contributed by atoms with Crippen molar-refractivity contribution in [1.29, 1.82) is 0 Å². The van der Waals surface area contributed by atoms with Crippen molar-refractivity contribution in [2.24, 2.45) is 0 Å². The van der Waals surface area contributed by atoms with Gasteiger partial charge in [-0.1, -0.05) is 82.7 Å². The Bertz CT molecular complexity index is 1040. The van der Waals surface area contributed by atoms with Crippen LogP contribution < -0.4 is 9.47 Å². The van der Waals surface area contributed by atoms with Gasteiger partial charge in [-0.3, -0.25) is 0 Å². The largest absolute Gasteiger partial charge is 0.494 e. The predicted molar refractivity (Wildman–Crippen MR) is 141 cm³/mol. The first kappa shape index (κ1) is 26.5. The lowest BCUT2D eigenvalue weighted by Crippen LogP contribution is -2.09. The Morgan fingerprint density at radius 3 is 2.03 bits per heavy atom. The minimum atomic E-state index is -0.572. The molecule has 0 bridgehead atoms. The van der Waals surface area contributed by atoms with Crippen molar-refractivity contribution in [3.63, 3.8) is 0 Å². The van der Waals surface area contributed by atoms with E-state index in [0.717, 1.165) is 61.2 Å². The summed E-state index contributed by atoms with van der Waals surface area (Å²) in [5.74, 6) is -0.258. The number of aryl methyl sites for hydroxylation is 1. The Hall–Kier alpha value is -3.14. The molecule has 0 N–H and O–H groups in total. The molecule has 0 aromatic heterocycles. The first-order valence-electron chi connectivity index (χ1n) is 12.9.